The number of nitrogens with one attached hydrogen (secondary N) is 1. The molecule has 116 valence electrons. The van der Waals surface area contributed by atoms with E-state index in [0.717, 1.165) is 25.7 Å². The SMILES string of the molecule is CO[C@@H]1COCC[C@H]1NC(=O)CCCCc1ccccc1. The van der Waals surface area contributed by atoms with Gasteiger partial charge >= 0.3 is 0 Å². The third-order valence-electron chi connectivity index (χ3n) is 3.92. The van der Waals surface area contributed by atoms with Crippen LogP contribution in [0.25, 0.3) is 0 Å². The minimum Gasteiger partial charge on any atom is -0.379 e. The molecule has 1 heterocycles. The molecule has 1 fully saturated rings. The van der Waals surface area contributed by atoms with E-state index < -0.39 is 0 Å². The van der Waals surface area contributed by atoms with Gasteiger partial charge in [-0.15, -0.1) is 0 Å². The molecular weight excluding hydrogens is 266 g/mol. The third kappa shape index (κ3) is 5.48. The van der Waals surface area contributed by atoms with Gasteiger partial charge in [-0.2, -0.15) is 0 Å². The molecule has 0 aromatic heterocycles. The molecule has 1 aliphatic heterocycles. The van der Waals surface area contributed by atoms with Crippen molar-refractivity contribution in [3.05, 3.63) is 35.9 Å². The average Bonchev–Trinajstić information content (AvgIpc) is 2.53. The van der Waals surface area contributed by atoms with Gasteiger partial charge in [-0.1, -0.05) is 30.3 Å². The van der Waals surface area contributed by atoms with Crippen LogP contribution >= 0.6 is 0 Å². The first-order valence-electron chi connectivity index (χ1n) is 7.73. The van der Waals surface area contributed by atoms with E-state index in [0.29, 0.717) is 19.6 Å². The minimum absolute atomic E-state index is 0.0213. The highest BCUT2D eigenvalue weighted by molar-refractivity contribution is 5.76. The van der Waals surface area contributed by atoms with Crippen LogP contribution in [0, 0.1) is 0 Å². The van der Waals surface area contributed by atoms with Crippen LogP contribution < -0.4 is 5.32 Å². The molecule has 2 rings (SSSR count). The van der Waals surface area contributed by atoms with Crippen LogP contribution in [0.5, 0.6) is 0 Å². The number of benzene rings is 1. The van der Waals surface area contributed by atoms with Crippen molar-refractivity contribution >= 4 is 5.91 Å². The van der Waals surface area contributed by atoms with Crippen LogP contribution in [0.15, 0.2) is 30.3 Å². The minimum atomic E-state index is -0.0213. The Morgan fingerprint density at radius 3 is 2.90 bits per heavy atom. The standard InChI is InChI=1S/C17H25NO3/c1-20-16-13-21-12-11-15(16)18-17(19)10-6-5-9-14-7-3-2-4-8-14/h2-4,7-8,15-16H,5-6,9-13H2,1H3,(H,18,19)/t15-,16-/m1/s1. The van der Waals surface area contributed by atoms with Crippen LogP contribution in [-0.2, 0) is 20.7 Å². The summed E-state index contributed by atoms with van der Waals surface area (Å²) < 4.78 is 10.7. The Kier molecular flexibility index (Phi) is 6.70. The van der Waals surface area contributed by atoms with Crippen molar-refractivity contribution in [2.45, 2.75) is 44.2 Å². The maximum atomic E-state index is 12.0. The van der Waals surface area contributed by atoms with Crippen molar-refractivity contribution < 1.29 is 14.3 Å². The van der Waals surface area contributed by atoms with Gasteiger partial charge in [-0.05, 0) is 31.2 Å². The number of carbonyl (C=O) groups is 1. The lowest BCUT2D eigenvalue weighted by molar-refractivity contribution is -0.125. The number of methoxy groups -OCH3 is 1. The first-order valence-corrected chi connectivity index (χ1v) is 7.73. The molecule has 0 unspecified atom stereocenters. The van der Waals surface area contributed by atoms with Gasteiger partial charge in [-0.25, -0.2) is 0 Å². The van der Waals surface area contributed by atoms with Gasteiger partial charge in [-0.3, -0.25) is 4.79 Å². The molecule has 1 aromatic carbocycles. The van der Waals surface area contributed by atoms with Crippen molar-refractivity contribution in [2.24, 2.45) is 0 Å². The molecule has 1 aliphatic rings. The van der Waals surface area contributed by atoms with Crippen molar-refractivity contribution in [2.75, 3.05) is 20.3 Å². The molecule has 0 radical (unpaired) electrons. The second-order valence-electron chi connectivity index (χ2n) is 5.50. The summed E-state index contributed by atoms with van der Waals surface area (Å²) >= 11 is 0. The lowest BCUT2D eigenvalue weighted by atomic mass is 10.0. The van der Waals surface area contributed by atoms with Gasteiger partial charge in [0, 0.05) is 20.1 Å². The second kappa shape index (κ2) is 8.80. The van der Waals surface area contributed by atoms with Gasteiger partial charge in [0.05, 0.1) is 12.6 Å². The fourth-order valence-corrected chi connectivity index (χ4v) is 2.65. The van der Waals surface area contributed by atoms with E-state index in [1.165, 1.54) is 5.56 Å². The molecule has 4 heteroatoms. The number of hydrogen-bond acceptors (Lipinski definition) is 3. The first-order chi connectivity index (χ1) is 10.3. The quantitative estimate of drug-likeness (QED) is 0.784. The van der Waals surface area contributed by atoms with E-state index in [1.807, 2.05) is 6.07 Å². The molecule has 1 saturated heterocycles. The van der Waals surface area contributed by atoms with E-state index in [2.05, 4.69) is 29.6 Å². The Bertz CT molecular complexity index is 421. The van der Waals surface area contributed by atoms with Crippen molar-refractivity contribution in [3.8, 4) is 0 Å². The van der Waals surface area contributed by atoms with Gasteiger partial charge in [0.1, 0.15) is 6.10 Å². The van der Waals surface area contributed by atoms with Gasteiger partial charge in [0.2, 0.25) is 5.91 Å². The number of ether oxygens (including phenoxy) is 2. The number of aryl methyl sites for hydroxylation is 1. The molecule has 2 atom stereocenters. The second-order valence-corrected chi connectivity index (χ2v) is 5.50. The molecule has 0 bridgehead atoms. The zero-order valence-corrected chi connectivity index (χ0v) is 12.7. The Labute approximate surface area is 126 Å². The first kappa shape index (κ1) is 16.0. The smallest absolute Gasteiger partial charge is 0.220 e. The number of amides is 1. The molecule has 0 saturated carbocycles. The fraction of sp³-hybridized carbons (Fsp3) is 0.588. The topological polar surface area (TPSA) is 47.6 Å². The number of rotatable bonds is 7. The lowest BCUT2D eigenvalue weighted by Crippen LogP contribution is -2.49. The molecule has 0 spiro atoms. The fourth-order valence-electron chi connectivity index (χ4n) is 2.65. The van der Waals surface area contributed by atoms with Gasteiger partial charge < -0.3 is 14.8 Å². The predicted octanol–water partition coefficient (Wildman–Crippen LogP) is 2.32. The molecule has 4 nitrogen and oxygen atoms in total. The Hall–Kier alpha value is -1.39. The van der Waals surface area contributed by atoms with Crippen molar-refractivity contribution in [1.29, 1.82) is 0 Å². The summed E-state index contributed by atoms with van der Waals surface area (Å²) in [6.45, 7) is 1.26. The highest BCUT2D eigenvalue weighted by atomic mass is 16.5. The maximum Gasteiger partial charge on any atom is 0.220 e. The van der Waals surface area contributed by atoms with Crippen molar-refractivity contribution in [1.82, 2.24) is 5.32 Å². The predicted molar refractivity (Wildman–Crippen MR) is 82.2 cm³/mol. The normalized spacial score (nSPS) is 22.0. The van der Waals surface area contributed by atoms with E-state index >= 15 is 0 Å². The van der Waals surface area contributed by atoms with Gasteiger partial charge in [0.15, 0.2) is 0 Å². The van der Waals surface area contributed by atoms with E-state index in [9.17, 15) is 4.79 Å². The highest BCUT2D eigenvalue weighted by Gasteiger charge is 2.26. The molecule has 1 N–H and O–H groups in total. The van der Waals surface area contributed by atoms with Gasteiger partial charge in [0.25, 0.3) is 0 Å². The summed E-state index contributed by atoms with van der Waals surface area (Å²) in [5, 5.41) is 3.07. The van der Waals surface area contributed by atoms with Crippen LogP contribution in [0.4, 0.5) is 0 Å². The molecule has 21 heavy (non-hydrogen) atoms. The largest absolute Gasteiger partial charge is 0.379 e. The monoisotopic (exact) mass is 291 g/mol. The number of carbonyl (C=O) groups excluding carboxylic acids is 1. The van der Waals surface area contributed by atoms with E-state index in [-0.39, 0.29) is 18.1 Å². The van der Waals surface area contributed by atoms with Crippen LogP contribution in [0.2, 0.25) is 0 Å². The van der Waals surface area contributed by atoms with Crippen LogP contribution in [-0.4, -0.2) is 38.4 Å². The van der Waals surface area contributed by atoms with Crippen LogP contribution in [0.3, 0.4) is 0 Å². The lowest BCUT2D eigenvalue weighted by Gasteiger charge is -2.31. The summed E-state index contributed by atoms with van der Waals surface area (Å²) in [6, 6.07) is 10.5. The summed E-state index contributed by atoms with van der Waals surface area (Å²) in [5.74, 6) is 0.122. The third-order valence-corrected chi connectivity index (χ3v) is 3.92. The Balaban J connectivity index is 1.63. The highest BCUT2D eigenvalue weighted by Crippen LogP contribution is 2.11. The zero-order valence-electron chi connectivity index (χ0n) is 12.7. The molecule has 1 amide bonds. The van der Waals surface area contributed by atoms with E-state index in [4.69, 9.17) is 9.47 Å². The summed E-state index contributed by atoms with van der Waals surface area (Å²) in [5.41, 5.74) is 1.33. The van der Waals surface area contributed by atoms with E-state index in [1.54, 1.807) is 7.11 Å². The molecule has 0 aliphatic carbocycles. The zero-order chi connectivity index (χ0) is 14.9. The molecular formula is C17H25NO3. The van der Waals surface area contributed by atoms with Crippen molar-refractivity contribution in [3.63, 3.8) is 0 Å². The maximum absolute atomic E-state index is 12.0. The number of unbranched alkanes of at least 4 members (excludes halogenated alkanes) is 1. The summed E-state index contributed by atoms with van der Waals surface area (Å²) in [4.78, 5) is 12.0. The molecule has 1 aromatic rings. The Morgan fingerprint density at radius 1 is 1.33 bits per heavy atom. The Morgan fingerprint density at radius 2 is 2.14 bits per heavy atom. The van der Waals surface area contributed by atoms with Crippen LogP contribution in [0.1, 0.15) is 31.2 Å². The average molecular weight is 291 g/mol. The number of hydrogen-bond donors (Lipinski definition) is 1. The summed E-state index contributed by atoms with van der Waals surface area (Å²) in [7, 11) is 1.67. The summed E-state index contributed by atoms with van der Waals surface area (Å²) in [6.07, 6.45) is 4.38.